The van der Waals surface area contributed by atoms with Crippen LogP contribution in [-0.4, -0.2) is 29.6 Å². The van der Waals surface area contributed by atoms with Crippen molar-refractivity contribution in [2.24, 2.45) is 11.5 Å². The minimum Gasteiger partial charge on any atom is -0.404 e. The van der Waals surface area contributed by atoms with Crippen molar-refractivity contribution >= 4 is 61.9 Å². The first-order valence-corrected chi connectivity index (χ1v) is 10.5. The van der Waals surface area contributed by atoms with E-state index in [0.29, 0.717) is 26.8 Å². The summed E-state index contributed by atoms with van der Waals surface area (Å²) >= 11 is 7.23. The van der Waals surface area contributed by atoms with Gasteiger partial charge >= 0.3 is 0 Å². The number of fused-ring (bicyclic) bond motifs is 1. The van der Waals surface area contributed by atoms with E-state index < -0.39 is 11.9 Å². The molecule has 160 valence electrons. The van der Waals surface area contributed by atoms with Crippen LogP contribution in [0.5, 0.6) is 0 Å². The normalized spacial score (nSPS) is 12.4. The van der Waals surface area contributed by atoms with Gasteiger partial charge in [-0.15, -0.1) is 0 Å². The Hall–Kier alpha value is -3.27. The molecule has 2 amide bonds. The number of aromatic nitrogens is 1. The number of anilines is 1. The topological polar surface area (TPSA) is 147 Å². The average molecular weight is 457 g/mol. The number of hydrogen-bond donors (Lipinski definition) is 5. The lowest BCUT2D eigenvalue weighted by Gasteiger charge is -2.18. The molecule has 3 aromatic rings. The fraction of sp³-hybridized carbons (Fsp3) is 0.143. The Kier molecular flexibility index (Phi) is 7.35. The van der Waals surface area contributed by atoms with Gasteiger partial charge in [0.25, 0.3) is 5.91 Å². The molecule has 0 radical (unpaired) electrons. The minimum absolute atomic E-state index is 0.102. The molecular formula is C21H21ClN6O2S. The number of thiazole rings is 1. The van der Waals surface area contributed by atoms with E-state index in [4.69, 9.17) is 28.5 Å². The molecule has 1 atom stereocenters. The third-order valence-corrected chi connectivity index (χ3v) is 5.61. The summed E-state index contributed by atoms with van der Waals surface area (Å²) < 4.78 is 0.823. The molecule has 1 aromatic heterocycles. The van der Waals surface area contributed by atoms with Gasteiger partial charge in [0.1, 0.15) is 6.04 Å². The lowest BCUT2D eigenvalue weighted by molar-refractivity contribution is -0.126. The van der Waals surface area contributed by atoms with E-state index in [9.17, 15) is 9.59 Å². The van der Waals surface area contributed by atoms with Crippen LogP contribution >= 0.6 is 22.9 Å². The maximum Gasteiger partial charge on any atom is 0.253 e. The van der Waals surface area contributed by atoms with E-state index in [2.05, 4.69) is 15.6 Å². The van der Waals surface area contributed by atoms with Crippen molar-refractivity contribution in [1.82, 2.24) is 10.3 Å². The van der Waals surface area contributed by atoms with E-state index in [1.54, 1.807) is 36.4 Å². The van der Waals surface area contributed by atoms with E-state index in [1.807, 2.05) is 6.07 Å². The second-order valence-electron chi connectivity index (χ2n) is 6.55. The number of rotatable bonds is 8. The summed E-state index contributed by atoms with van der Waals surface area (Å²) in [6.45, 7) is 0.177. The van der Waals surface area contributed by atoms with Crippen LogP contribution in [0.15, 0.2) is 48.7 Å². The molecule has 0 aliphatic heterocycles. The number of nitrogens with zero attached hydrogens (tertiary/aromatic N) is 1. The highest BCUT2D eigenvalue weighted by Gasteiger charge is 2.24. The van der Waals surface area contributed by atoms with Crippen LogP contribution in [0.25, 0.3) is 15.8 Å². The van der Waals surface area contributed by atoms with E-state index >= 15 is 0 Å². The Morgan fingerprint density at radius 3 is 2.61 bits per heavy atom. The number of hydrogen-bond acceptors (Lipinski definition) is 7. The predicted molar refractivity (Wildman–Crippen MR) is 125 cm³/mol. The third-order valence-electron chi connectivity index (χ3n) is 4.43. The van der Waals surface area contributed by atoms with Gasteiger partial charge in [0.15, 0.2) is 5.13 Å². The van der Waals surface area contributed by atoms with Crippen LogP contribution in [0.4, 0.5) is 5.13 Å². The number of carbonyl (C=O) groups is 2. The summed E-state index contributed by atoms with van der Waals surface area (Å²) in [6.07, 6.45) is 2.63. The zero-order valence-electron chi connectivity index (χ0n) is 16.4. The van der Waals surface area contributed by atoms with Gasteiger partial charge in [-0.3, -0.25) is 14.9 Å². The highest BCUT2D eigenvalue weighted by atomic mass is 35.5. The Labute approximate surface area is 187 Å². The predicted octanol–water partition coefficient (Wildman–Crippen LogP) is 3.04. The first kappa shape index (κ1) is 22.4. The van der Waals surface area contributed by atoms with Crippen LogP contribution in [0, 0.1) is 5.41 Å². The second kappa shape index (κ2) is 10.2. The molecule has 0 spiro atoms. The largest absolute Gasteiger partial charge is 0.404 e. The zero-order chi connectivity index (χ0) is 22.4. The molecular weight excluding hydrogens is 436 g/mol. The van der Waals surface area contributed by atoms with Crippen molar-refractivity contribution in [2.45, 2.75) is 12.5 Å². The first-order valence-electron chi connectivity index (χ1n) is 9.34. The monoisotopic (exact) mass is 456 g/mol. The molecule has 3 rings (SSSR count). The fourth-order valence-corrected chi connectivity index (χ4v) is 3.92. The van der Waals surface area contributed by atoms with Gasteiger partial charge in [-0.2, -0.15) is 0 Å². The lowest BCUT2D eigenvalue weighted by atomic mass is 10.1. The molecule has 1 unspecified atom stereocenters. The first-order chi connectivity index (χ1) is 14.9. The number of carbonyl (C=O) groups excluding carboxylic acids is 2. The van der Waals surface area contributed by atoms with Gasteiger partial charge in [0.05, 0.1) is 10.2 Å². The highest BCUT2D eigenvalue weighted by molar-refractivity contribution is 7.22. The Bertz CT molecular complexity index is 1140. The molecule has 0 bridgehead atoms. The van der Waals surface area contributed by atoms with Crippen molar-refractivity contribution in [3.05, 3.63) is 64.8 Å². The molecule has 7 N–H and O–H groups in total. The third kappa shape index (κ3) is 5.46. The van der Waals surface area contributed by atoms with Crippen molar-refractivity contribution in [2.75, 3.05) is 11.9 Å². The maximum absolute atomic E-state index is 13.0. The zero-order valence-corrected chi connectivity index (χ0v) is 18.0. The molecule has 0 saturated heterocycles. The Morgan fingerprint density at radius 1 is 1.23 bits per heavy atom. The number of nitrogens with two attached hydrogens (primary N) is 2. The molecule has 31 heavy (non-hydrogen) atoms. The van der Waals surface area contributed by atoms with Crippen molar-refractivity contribution in [3.63, 3.8) is 0 Å². The van der Waals surface area contributed by atoms with Gasteiger partial charge < -0.3 is 22.2 Å². The van der Waals surface area contributed by atoms with Crippen LogP contribution in [0.3, 0.4) is 0 Å². The minimum atomic E-state index is -0.927. The average Bonchev–Trinajstić information content (AvgIpc) is 3.15. The van der Waals surface area contributed by atoms with Gasteiger partial charge in [-0.1, -0.05) is 41.1 Å². The summed E-state index contributed by atoms with van der Waals surface area (Å²) in [5, 5.41) is 13.8. The van der Waals surface area contributed by atoms with E-state index in [1.165, 1.54) is 23.8 Å². The summed E-state index contributed by atoms with van der Waals surface area (Å²) in [6, 6.07) is 11.2. The van der Waals surface area contributed by atoms with E-state index in [-0.39, 0.29) is 18.9 Å². The number of benzene rings is 2. The molecule has 10 heteroatoms. The maximum atomic E-state index is 13.0. The number of amides is 2. The summed E-state index contributed by atoms with van der Waals surface area (Å²) in [4.78, 5) is 29.5. The SMILES string of the molecule is N=C/C(=C\N)c1ccc2nc(NC(=O)C(NC(=O)CCN)c3ccc(Cl)cc3)sc2c1. The molecule has 8 nitrogen and oxygen atoms in total. The standard InChI is InChI=1S/C21H21ClN6O2S/c22-15-4-1-12(2-5-15)19(27-18(29)7-8-23)20(30)28-21-26-16-6-3-13(9-17(16)31-21)14(10-24)11-25/h1-6,9-11,19,24H,7-8,23,25H2,(H,27,29)(H,26,28,30)/b14-11+,24-10?. The fourth-order valence-electron chi connectivity index (χ4n) is 2.88. The molecule has 2 aromatic carbocycles. The smallest absolute Gasteiger partial charge is 0.253 e. The van der Waals surface area contributed by atoms with E-state index in [0.717, 1.165) is 10.3 Å². The van der Waals surface area contributed by atoms with Gasteiger partial charge in [-0.25, -0.2) is 4.98 Å². The van der Waals surface area contributed by atoms with Crippen LogP contribution in [0.1, 0.15) is 23.6 Å². The number of nitrogens with one attached hydrogen (secondary N) is 3. The van der Waals surface area contributed by atoms with Crippen LogP contribution in [-0.2, 0) is 9.59 Å². The van der Waals surface area contributed by atoms with Crippen molar-refractivity contribution < 1.29 is 9.59 Å². The van der Waals surface area contributed by atoms with Crippen LogP contribution in [0.2, 0.25) is 5.02 Å². The Balaban J connectivity index is 1.86. The second-order valence-corrected chi connectivity index (χ2v) is 8.01. The highest BCUT2D eigenvalue weighted by Crippen LogP contribution is 2.29. The molecule has 0 aliphatic rings. The Morgan fingerprint density at radius 2 is 1.97 bits per heavy atom. The summed E-state index contributed by atoms with van der Waals surface area (Å²) in [7, 11) is 0. The van der Waals surface area contributed by atoms with Crippen molar-refractivity contribution in [1.29, 1.82) is 5.41 Å². The molecule has 0 fully saturated rings. The molecule has 0 saturated carbocycles. The molecule has 0 aliphatic carbocycles. The van der Waals surface area contributed by atoms with Crippen LogP contribution < -0.4 is 22.1 Å². The summed E-state index contributed by atoms with van der Waals surface area (Å²) in [5.41, 5.74) is 13.6. The van der Waals surface area contributed by atoms with Crippen molar-refractivity contribution in [3.8, 4) is 0 Å². The lowest BCUT2D eigenvalue weighted by Crippen LogP contribution is -2.37. The quantitative estimate of drug-likeness (QED) is 0.330. The van der Waals surface area contributed by atoms with Gasteiger partial charge in [-0.05, 0) is 35.4 Å². The van der Waals surface area contributed by atoms with Gasteiger partial charge in [0.2, 0.25) is 5.91 Å². The number of halogens is 1. The van der Waals surface area contributed by atoms with Gasteiger partial charge in [0, 0.05) is 36.0 Å². The number of allylic oxidation sites excluding steroid dienone is 1. The summed E-state index contributed by atoms with van der Waals surface area (Å²) in [5.74, 6) is -0.770. The molecule has 1 heterocycles.